The topological polar surface area (TPSA) is 12.0 Å². The molecule has 1 nitrogen and oxygen atoms in total. The Hall–Kier alpha value is 0.01000. The number of thiophene rings is 1. The van der Waals surface area contributed by atoms with Crippen LogP contribution in [0.4, 0.5) is 0 Å². The molecule has 0 radical (unpaired) electrons. The Morgan fingerprint density at radius 2 is 2.19 bits per heavy atom. The van der Waals surface area contributed by atoms with Gasteiger partial charge in [-0.25, -0.2) is 0 Å². The summed E-state index contributed by atoms with van der Waals surface area (Å²) in [5, 5.41) is 4.59. The van der Waals surface area contributed by atoms with Crippen LogP contribution >= 0.6 is 23.1 Å². The van der Waals surface area contributed by atoms with Crippen LogP contribution in [0, 0.1) is 0 Å². The maximum Gasteiger partial charge on any atom is 0.0302 e. The first-order valence-corrected chi connectivity index (χ1v) is 8.26. The van der Waals surface area contributed by atoms with E-state index in [2.05, 4.69) is 30.6 Å². The van der Waals surface area contributed by atoms with E-state index in [0.717, 1.165) is 17.8 Å². The van der Waals surface area contributed by atoms with E-state index in [1.165, 1.54) is 35.4 Å². The van der Waals surface area contributed by atoms with Crippen LogP contribution in [0.2, 0.25) is 0 Å². The van der Waals surface area contributed by atoms with Crippen LogP contribution in [0.1, 0.15) is 35.9 Å². The molecule has 16 heavy (non-hydrogen) atoms. The Bertz CT molecular complexity index is 321. The van der Waals surface area contributed by atoms with E-state index < -0.39 is 0 Å². The molecule has 1 saturated carbocycles. The molecule has 0 saturated heterocycles. The van der Waals surface area contributed by atoms with Crippen molar-refractivity contribution in [3.63, 3.8) is 0 Å². The molecule has 2 atom stereocenters. The minimum atomic E-state index is 0.754. The van der Waals surface area contributed by atoms with Gasteiger partial charge in [0.1, 0.15) is 0 Å². The number of nitrogens with one attached hydrogen (secondary N) is 1. The van der Waals surface area contributed by atoms with Gasteiger partial charge in [-0.1, -0.05) is 6.92 Å². The van der Waals surface area contributed by atoms with Crippen molar-refractivity contribution in [2.45, 2.75) is 50.4 Å². The van der Waals surface area contributed by atoms with Gasteiger partial charge in [0, 0.05) is 27.6 Å². The Balaban J connectivity index is 1.75. The number of rotatable bonds is 5. The molecule has 1 aliphatic rings. The molecule has 0 amide bonds. The first-order valence-electron chi connectivity index (χ1n) is 6.15. The molecule has 3 heteroatoms. The third-order valence-corrected chi connectivity index (χ3v) is 5.67. The molecule has 0 bridgehead atoms. The molecular formula is C13H21NS2. The molecule has 2 unspecified atom stereocenters. The summed E-state index contributed by atoms with van der Waals surface area (Å²) in [6.07, 6.45) is 7.51. The SMILES string of the molecule is CCc1ccc(CNC2CCC(SC)C2)s1. The van der Waals surface area contributed by atoms with Crippen LogP contribution in [0.3, 0.4) is 0 Å². The molecule has 0 aromatic carbocycles. The molecule has 1 aliphatic carbocycles. The third-order valence-electron chi connectivity index (χ3n) is 3.35. The zero-order valence-corrected chi connectivity index (χ0v) is 11.8. The molecule has 1 fully saturated rings. The average molecular weight is 255 g/mol. The van der Waals surface area contributed by atoms with E-state index in [1.54, 1.807) is 0 Å². The molecule has 0 spiro atoms. The predicted molar refractivity (Wildman–Crippen MR) is 75.5 cm³/mol. The molecule has 1 heterocycles. The normalized spacial score (nSPS) is 25.1. The van der Waals surface area contributed by atoms with Gasteiger partial charge in [-0.05, 0) is 44.1 Å². The van der Waals surface area contributed by atoms with Gasteiger partial charge in [-0.15, -0.1) is 11.3 Å². The van der Waals surface area contributed by atoms with Crippen molar-refractivity contribution in [2.24, 2.45) is 0 Å². The van der Waals surface area contributed by atoms with E-state index in [-0.39, 0.29) is 0 Å². The van der Waals surface area contributed by atoms with Gasteiger partial charge in [0.2, 0.25) is 0 Å². The highest BCUT2D eigenvalue weighted by atomic mass is 32.2. The Kier molecular flexibility index (Phi) is 4.74. The van der Waals surface area contributed by atoms with E-state index in [0.29, 0.717) is 0 Å². The van der Waals surface area contributed by atoms with Crippen molar-refractivity contribution in [1.82, 2.24) is 5.32 Å². The van der Waals surface area contributed by atoms with E-state index in [4.69, 9.17) is 0 Å². The summed E-state index contributed by atoms with van der Waals surface area (Å²) in [5.74, 6) is 0. The quantitative estimate of drug-likeness (QED) is 0.861. The zero-order valence-electron chi connectivity index (χ0n) is 10.2. The van der Waals surface area contributed by atoms with Gasteiger partial charge >= 0.3 is 0 Å². The van der Waals surface area contributed by atoms with Gasteiger partial charge in [-0.3, -0.25) is 0 Å². The van der Waals surface area contributed by atoms with Gasteiger partial charge in [0.15, 0.2) is 0 Å². The van der Waals surface area contributed by atoms with Crippen molar-refractivity contribution < 1.29 is 0 Å². The van der Waals surface area contributed by atoms with Crippen molar-refractivity contribution >= 4 is 23.1 Å². The zero-order chi connectivity index (χ0) is 11.4. The number of hydrogen-bond donors (Lipinski definition) is 1. The Morgan fingerprint density at radius 3 is 2.81 bits per heavy atom. The molecular weight excluding hydrogens is 234 g/mol. The summed E-state index contributed by atoms with van der Waals surface area (Å²) in [5.41, 5.74) is 0. The third kappa shape index (κ3) is 3.25. The lowest BCUT2D eigenvalue weighted by molar-refractivity contribution is 0.528. The fourth-order valence-corrected chi connectivity index (χ4v) is 4.00. The fourth-order valence-electron chi connectivity index (χ4n) is 2.29. The minimum Gasteiger partial charge on any atom is -0.309 e. The van der Waals surface area contributed by atoms with Gasteiger partial charge in [0.05, 0.1) is 0 Å². The van der Waals surface area contributed by atoms with E-state index >= 15 is 0 Å². The van der Waals surface area contributed by atoms with Gasteiger partial charge in [0.25, 0.3) is 0 Å². The van der Waals surface area contributed by atoms with Crippen LogP contribution in [0.15, 0.2) is 12.1 Å². The summed E-state index contributed by atoms with van der Waals surface area (Å²) in [4.78, 5) is 3.00. The Labute approximate surface area is 107 Å². The van der Waals surface area contributed by atoms with Crippen molar-refractivity contribution in [2.75, 3.05) is 6.26 Å². The molecule has 1 N–H and O–H groups in total. The van der Waals surface area contributed by atoms with Crippen LogP contribution in [0.5, 0.6) is 0 Å². The van der Waals surface area contributed by atoms with E-state index in [1.807, 2.05) is 23.1 Å². The highest BCUT2D eigenvalue weighted by Crippen LogP contribution is 2.28. The highest BCUT2D eigenvalue weighted by molar-refractivity contribution is 7.99. The molecule has 1 aromatic heterocycles. The van der Waals surface area contributed by atoms with Crippen molar-refractivity contribution in [1.29, 1.82) is 0 Å². The van der Waals surface area contributed by atoms with Gasteiger partial charge in [-0.2, -0.15) is 11.8 Å². The summed E-state index contributed by atoms with van der Waals surface area (Å²) in [6, 6.07) is 5.29. The van der Waals surface area contributed by atoms with Crippen LogP contribution in [0.25, 0.3) is 0 Å². The maximum atomic E-state index is 3.70. The lowest BCUT2D eigenvalue weighted by Crippen LogP contribution is -2.25. The number of thioether (sulfide) groups is 1. The van der Waals surface area contributed by atoms with Crippen molar-refractivity contribution in [3.05, 3.63) is 21.9 Å². The molecule has 90 valence electrons. The smallest absolute Gasteiger partial charge is 0.0302 e. The first-order chi connectivity index (χ1) is 7.81. The summed E-state index contributed by atoms with van der Waals surface area (Å²) in [6.45, 7) is 3.29. The molecule has 0 aliphatic heterocycles. The summed E-state index contributed by atoms with van der Waals surface area (Å²) >= 11 is 3.98. The second-order valence-electron chi connectivity index (χ2n) is 4.47. The van der Waals surface area contributed by atoms with Crippen LogP contribution < -0.4 is 5.32 Å². The van der Waals surface area contributed by atoms with Crippen molar-refractivity contribution in [3.8, 4) is 0 Å². The first kappa shape index (κ1) is 12.5. The average Bonchev–Trinajstić information content (AvgIpc) is 2.95. The van der Waals surface area contributed by atoms with E-state index in [9.17, 15) is 0 Å². The maximum absolute atomic E-state index is 3.70. The highest BCUT2D eigenvalue weighted by Gasteiger charge is 2.23. The number of aryl methyl sites for hydroxylation is 1. The minimum absolute atomic E-state index is 0.754. The standard InChI is InChI=1S/C13H21NS2/c1-3-11-6-7-13(16-11)9-14-10-4-5-12(8-10)15-2/h6-7,10,12,14H,3-5,8-9H2,1-2H3. The summed E-state index contributed by atoms with van der Waals surface area (Å²) < 4.78 is 0. The molecule has 2 rings (SSSR count). The van der Waals surface area contributed by atoms with Gasteiger partial charge < -0.3 is 5.32 Å². The van der Waals surface area contributed by atoms with Crippen LogP contribution in [-0.4, -0.2) is 17.5 Å². The monoisotopic (exact) mass is 255 g/mol. The summed E-state index contributed by atoms with van der Waals surface area (Å²) in [7, 11) is 0. The lowest BCUT2D eigenvalue weighted by atomic mass is 10.2. The Morgan fingerprint density at radius 1 is 1.38 bits per heavy atom. The fraction of sp³-hybridized carbons (Fsp3) is 0.692. The molecule has 1 aromatic rings. The predicted octanol–water partition coefficient (Wildman–Crippen LogP) is 3.68. The second-order valence-corrected chi connectivity index (χ2v) is 6.86. The van der Waals surface area contributed by atoms with Crippen LogP contribution in [-0.2, 0) is 13.0 Å². The largest absolute Gasteiger partial charge is 0.309 e. The second kappa shape index (κ2) is 6.08. The lowest BCUT2D eigenvalue weighted by Gasteiger charge is -2.11. The number of hydrogen-bond acceptors (Lipinski definition) is 3.